The highest BCUT2D eigenvalue weighted by molar-refractivity contribution is 5.68. The first-order chi connectivity index (χ1) is 22.8. The summed E-state index contributed by atoms with van der Waals surface area (Å²) in [5, 5.41) is 3.53. The SMILES string of the molecule is COCCCn1c([C@@H]2CCCN(C(=O)OC(C)(C)C)C2)nc2c1CCCC2.COCCCn1c([C@@H]2CCCNC2)nc2c1CCCC2. The zero-order valence-electron chi connectivity index (χ0n) is 30.1. The maximum absolute atomic E-state index is 12.5. The number of amides is 1. The summed E-state index contributed by atoms with van der Waals surface area (Å²) >= 11 is 0. The molecule has 10 nitrogen and oxygen atoms in total. The number of hydrogen-bond donors (Lipinski definition) is 1. The fourth-order valence-electron chi connectivity index (χ4n) is 7.85. The van der Waals surface area contributed by atoms with Crippen LogP contribution in [0, 0.1) is 0 Å². The van der Waals surface area contributed by atoms with Crippen LogP contribution in [-0.4, -0.2) is 89.3 Å². The van der Waals surface area contributed by atoms with E-state index < -0.39 is 5.60 Å². The molecule has 2 aliphatic heterocycles. The van der Waals surface area contributed by atoms with E-state index in [2.05, 4.69) is 14.5 Å². The van der Waals surface area contributed by atoms with E-state index in [0.717, 1.165) is 77.9 Å². The monoisotopic (exact) mass is 654 g/mol. The van der Waals surface area contributed by atoms with Crippen LogP contribution in [0.1, 0.15) is 131 Å². The summed E-state index contributed by atoms with van der Waals surface area (Å²) in [5.74, 6) is 3.42. The number of ether oxygens (including phenoxy) is 3. The van der Waals surface area contributed by atoms with Crippen molar-refractivity contribution in [3.63, 3.8) is 0 Å². The number of nitrogens with one attached hydrogen (secondary N) is 1. The molecule has 0 radical (unpaired) electrons. The van der Waals surface area contributed by atoms with E-state index in [-0.39, 0.29) is 6.09 Å². The van der Waals surface area contributed by atoms with Crippen molar-refractivity contribution in [2.45, 2.75) is 141 Å². The van der Waals surface area contributed by atoms with E-state index in [1.54, 1.807) is 14.2 Å². The Morgan fingerprint density at radius 1 is 0.787 bits per heavy atom. The molecular formula is C37H62N6O4. The average molecular weight is 655 g/mol. The first kappa shape index (κ1) is 35.9. The van der Waals surface area contributed by atoms with Gasteiger partial charge in [0.15, 0.2) is 0 Å². The standard InChI is InChI=1S/C21H35N3O3.C16H27N3O/c1-21(2,3)27-20(25)23-12-7-9-16(15-23)19-22-17-10-5-6-11-18(17)24(19)13-8-14-26-4;1-20-11-5-10-19-15-8-3-2-7-14(15)18-16(19)13-6-4-9-17-12-13/h16H,5-15H2,1-4H3;13,17H,2-12H2,1H3/t16-;13-/m11/s1. The molecule has 2 aromatic heterocycles. The third-order valence-corrected chi connectivity index (χ3v) is 10.1. The number of aromatic nitrogens is 4. The smallest absolute Gasteiger partial charge is 0.410 e. The lowest BCUT2D eigenvalue weighted by atomic mass is 9.97. The van der Waals surface area contributed by atoms with Gasteiger partial charge in [0.2, 0.25) is 0 Å². The molecule has 0 aromatic carbocycles. The largest absolute Gasteiger partial charge is 0.444 e. The number of imidazole rings is 2. The second kappa shape index (κ2) is 17.3. The zero-order valence-corrected chi connectivity index (χ0v) is 30.1. The van der Waals surface area contributed by atoms with E-state index in [9.17, 15) is 4.79 Å². The molecule has 0 saturated carbocycles. The summed E-state index contributed by atoms with van der Waals surface area (Å²) in [4.78, 5) is 24.5. The molecule has 4 heterocycles. The molecule has 264 valence electrons. The van der Waals surface area contributed by atoms with Gasteiger partial charge >= 0.3 is 6.09 Å². The van der Waals surface area contributed by atoms with Crippen molar-refractivity contribution in [2.75, 3.05) is 53.6 Å². The number of rotatable bonds is 10. The van der Waals surface area contributed by atoms with Gasteiger partial charge in [-0.1, -0.05) is 0 Å². The van der Waals surface area contributed by atoms with Gasteiger partial charge in [0.25, 0.3) is 0 Å². The lowest BCUT2D eigenvalue weighted by Gasteiger charge is -2.34. The lowest BCUT2D eigenvalue weighted by Crippen LogP contribution is -2.42. The highest BCUT2D eigenvalue weighted by Crippen LogP contribution is 2.32. The Balaban J connectivity index is 0.000000193. The number of fused-ring (bicyclic) bond motifs is 2. The molecule has 2 atom stereocenters. The number of methoxy groups -OCH3 is 2. The van der Waals surface area contributed by atoms with Crippen LogP contribution in [-0.2, 0) is 53.0 Å². The number of nitrogens with zero attached hydrogens (tertiary/aromatic N) is 5. The minimum atomic E-state index is -0.457. The minimum absolute atomic E-state index is 0.200. The van der Waals surface area contributed by atoms with Crippen LogP contribution in [0.3, 0.4) is 0 Å². The van der Waals surface area contributed by atoms with E-state index in [1.807, 2.05) is 25.7 Å². The first-order valence-corrected chi connectivity index (χ1v) is 18.6. The Hall–Kier alpha value is -2.43. The van der Waals surface area contributed by atoms with E-state index in [0.29, 0.717) is 18.4 Å². The van der Waals surface area contributed by atoms with Crippen molar-refractivity contribution in [3.05, 3.63) is 34.4 Å². The van der Waals surface area contributed by atoms with Crippen LogP contribution in [0.2, 0.25) is 0 Å². The topological polar surface area (TPSA) is 95.7 Å². The average Bonchev–Trinajstić information content (AvgIpc) is 3.64. The molecule has 1 N–H and O–H groups in total. The maximum Gasteiger partial charge on any atom is 0.410 e. The van der Waals surface area contributed by atoms with Gasteiger partial charge in [-0.2, -0.15) is 0 Å². The van der Waals surface area contributed by atoms with Gasteiger partial charge in [-0.05, 0) is 117 Å². The predicted molar refractivity (Wildman–Crippen MR) is 185 cm³/mol. The Labute approximate surface area is 283 Å². The minimum Gasteiger partial charge on any atom is -0.444 e. The van der Waals surface area contributed by atoms with Crippen LogP contribution in [0.4, 0.5) is 4.79 Å². The molecule has 6 rings (SSSR count). The van der Waals surface area contributed by atoms with Crippen molar-refractivity contribution >= 4 is 6.09 Å². The highest BCUT2D eigenvalue weighted by atomic mass is 16.6. The van der Waals surface area contributed by atoms with Gasteiger partial charge in [0.1, 0.15) is 17.2 Å². The maximum atomic E-state index is 12.5. The number of likely N-dealkylation sites (tertiary alicyclic amines) is 1. The van der Waals surface area contributed by atoms with Gasteiger partial charge in [0.05, 0.1) is 11.4 Å². The molecule has 0 spiro atoms. The highest BCUT2D eigenvalue weighted by Gasteiger charge is 2.32. The molecule has 2 aromatic rings. The molecule has 0 bridgehead atoms. The van der Waals surface area contributed by atoms with Gasteiger partial charge in [0, 0.05) is 83.4 Å². The van der Waals surface area contributed by atoms with Crippen molar-refractivity contribution < 1.29 is 19.0 Å². The van der Waals surface area contributed by atoms with Gasteiger partial charge < -0.3 is 33.6 Å². The molecule has 10 heteroatoms. The van der Waals surface area contributed by atoms with E-state index >= 15 is 0 Å². The van der Waals surface area contributed by atoms with Crippen LogP contribution in [0.15, 0.2) is 0 Å². The lowest BCUT2D eigenvalue weighted by molar-refractivity contribution is 0.0194. The summed E-state index contributed by atoms with van der Waals surface area (Å²) in [6, 6.07) is 0. The van der Waals surface area contributed by atoms with Crippen molar-refractivity contribution in [1.29, 1.82) is 0 Å². The normalized spacial score (nSPS) is 21.4. The number of hydrogen-bond acceptors (Lipinski definition) is 7. The number of carbonyl (C=O) groups is 1. The Morgan fingerprint density at radius 3 is 1.87 bits per heavy atom. The third kappa shape index (κ3) is 9.60. The number of aryl methyl sites for hydroxylation is 2. The number of piperidine rings is 2. The van der Waals surface area contributed by atoms with Crippen LogP contribution in [0.5, 0.6) is 0 Å². The Bertz CT molecular complexity index is 1270. The molecule has 2 aliphatic carbocycles. The molecule has 2 fully saturated rings. The Morgan fingerprint density at radius 2 is 1.34 bits per heavy atom. The second-order valence-electron chi connectivity index (χ2n) is 14.9. The van der Waals surface area contributed by atoms with Gasteiger partial charge in [-0.15, -0.1) is 0 Å². The quantitative estimate of drug-likeness (QED) is 0.306. The van der Waals surface area contributed by atoms with Gasteiger partial charge in [-0.3, -0.25) is 0 Å². The Kier molecular flexibility index (Phi) is 13.2. The van der Waals surface area contributed by atoms with Crippen LogP contribution >= 0.6 is 0 Å². The summed E-state index contributed by atoms with van der Waals surface area (Å²) in [7, 11) is 3.54. The van der Waals surface area contributed by atoms with E-state index in [4.69, 9.17) is 24.2 Å². The summed E-state index contributed by atoms with van der Waals surface area (Å²) in [6.07, 6.45) is 16.3. The molecule has 0 unspecified atom stereocenters. The van der Waals surface area contributed by atoms with Gasteiger partial charge in [-0.25, -0.2) is 14.8 Å². The fourth-order valence-corrected chi connectivity index (χ4v) is 7.85. The van der Waals surface area contributed by atoms with Crippen molar-refractivity contribution in [2.24, 2.45) is 0 Å². The van der Waals surface area contributed by atoms with E-state index in [1.165, 1.54) is 92.3 Å². The second-order valence-corrected chi connectivity index (χ2v) is 14.9. The number of carbonyl (C=O) groups excluding carboxylic acids is 1. The molecule has 47 heavy (non-hydrogen) atoms. The summed E-state index contributed by atoms with van der Waals surface area (Å²) in [5.41, 5.74) is 5.15. The first-order valence-electron chi connectivity index (χ1n) is 18.6. The van der Waals surface area contributed by atoms with Crippen molar-refractivity contribution in [3.8, 4) is 0 Å². The fraction of sp³-hybridized carbons (Fsp3) is 0.811. The van der Waals surface area contributed by atoms with Crippen LogP contribution < -0.4 is 5.32 Å². The van der Waals surface area contributed by atoms with Crippen molar-refractivity contribution in [1.82, 2.24) is 29.3 Å². The molecule has 1 amide bonds. The molecule has 2 saturated heterocycles. The molecule has 4 aliphatic rings. The predicted octanol–water partition coefficient (Wildman–Crippen LogP) is 6.18. The zero-order chi connectivity index (χ0) is 33.2. The summed E-state index contributed by atoms with van der Waals surface area (Å²) in [6.45, 7) is 13.1. The third-order valence-electron chi connectivity index (χ3n) is 10.1. The van der Waals surface area contributed by atoms with Crippen LogP contribution in [0.25, 0.3) is 0 Å². The summed E-state index contributed by atoms with van der Waals surface area (Å²) < 4.78 is 21.1. The molecular weight excluding hydrogens is 592 g/mol.